The summed E-state index contributed by atoms with van der Waals surface area (Å²) in [5, 5.41) is 10.7. The highest BCUT2D eigenvalue weighted by Gasteiger charge is 1.99. The van der Waals surface area contributed by atoms with E-state index in [0.29, 0.717) is 0 Å². The largest absolute Gasteiger partial charge is 0.356 e. The molecule has 0 fully saturated rings. The Balaban J connectivity index is 2.18. The number of aromatic nitrogens is 2. The van der Waals surface area contributed by atoms with Crippen molar-refractivity contribution < 1.29 is 0 Å². The fraction of sp³-hybridized carbons (Fsp3) is 0.667. The van der Waals surface area contributed by atoms with Gasteiger partial charge in [0.15, 0.2) is 5.96 Å². The molecular formula is C12H23N5S. The van der Waals surface area contributed by atoms with Crippen LogP contribution in [-0.4, -0.2) is 41.3 Å². The molecule has 5 nitrogen and oxygen atoms in total. The van der Waals surface area contributed by atoms with E-state index >= 15 is 0 Å². The van der Waals surface area contributed by atoms with E-state index in [9.17, 15) is 0 Å². The molecule has 1 heterocycles. The molecule has 0 saturated carbocycles. The second-order valence-electron chi connectivity index (χ2n) is 4.07. The van der Waals surface area contributed by atoms with E-state index in [4.69, 9.17) is 0 Å². The van der Waals surface area contributed by atoms with E-state index in [1.54, 1.807) is 11.7 Å². The molecule has 0 amide bonds. The molecular weight excluding hydrogens is 246 g/mol. The van der Waals surface area contributed by atoms with Gasteiger partial charge in [-0.3, -0.25) is 9.67 Å². The zero-order valence-electron chi connectivity index (χ0n) is 11.4. The average Bonchev–Trinajstić information content (AvgIpc) is 2.78. The van der Waals surface area contributed by atoms with E-state index in [0.717, 1.165) is 24.6 Å². The third kappa shape index (κ3) is 5.95. The molecule has 0 saturated heterocycles. The molecule has 1 rings (SSSR count). The summed E-state index contributed by atoms with van der Waals surface area (Å²) in [5.41, 5.74) is 1.16. The Bertz CT molecular complexity index is 361. The summed E-state index contributed by atoms with van der Waals surface area (Å²) in [7, 11) is 3.71. The maximum atomic E-state index is 4.19. The van der Waals surface area contributed by atoms with Gasteiger partial charge in [0.25, 0.3) is 0 Å². The Morgan fingerprint density at radius 3 is 2.89 bits per heavy atom. The number of hydrogen-bond acceptors (Lipinski definition) is 3. The van der Waals surface area contributed by atoms with Crippen molar-refractivity contribution in [3.05, 3.63) is 18.0 Å². The lowest BCUT2D eigenvalue weighted by molar-refractivity contribution is 0.732. The number of guanidine groups is 1. The highest BCUT2D eigenvalue weighted by molar-refractivity contribution is 7.98. The van der Waals surface area contributed by atoms with Crippen LogP contribution in [0, 0.1) is 0 Å². The van der Waals surface area contributed by atoms with Crippen molar-refractivity contribution in [1.82, 2.24) is 20.4 Å². The summed E-state index contributed by atoms with van der Waals surface area (Å²) in [4.78, 5) is 4.19. The molecule has 0 atom stereocenters. The van der Waals surface area contributed by atoms with Gasteiger partial charge in [0.2, 0.25) is 0 Å². The van der Waals surface area contributed by atoms with Crippen LogP contribution in [-0.2, 0) is 13.6 Å². The number of nitrogens with one attached hydrogen (secondary N) is 2. The van der Waals surface area contributed by atoms with Crippen molar-refractivity contribution in [2.24, 2.45) is 12.0 Å². The molecule has 1 aromatic heterocycles. The third-order valence-electron chi connectivity index (χ3n) is 2.51. The monoisotopic (exact) mass is 269 g/mol. The summed E-state index contributed by atoms with van der Waals surface area (Å²) in [6, 6.07) is 0. The summed E-state index contributed by atoms with van der Waals surface area (Å²) < 4.78 is 1.80. The second-order valence-corrected chi connectivity index (χ2v) is 5.06. The van der Waals surface area contributed by atoms with Gasteiger partial charge in [0.1, 0.15) is 0 Å². The molecule has 0 unspecified atom stereocenters. The maximum absolute atomic E-state index is 4.19. The van der Waals surface area contributed by atoms with Gasteiger partial charge in [-0.05, 0) is 24.9 Å². The lowest BCUT2D eigenvalue weighted by Crippen LogP contribution is -2.37. The van der Waals surface area contributed by atoms with Crippen LogP contribution >= 0.6 is 11.8 Å². The van der Waals surface area contributed by atoms with Gasteiger partial charge in [-0.1, -0.05) is 0 Å². The highest BCUT2D eigenvalue weighted by atomic mass is 32.2. The SMILES string of the molecule is CN=C(NCCCCSC)NCc1cnn(C)c1. The molecule has 2 N–H and O–H groups in total. The smallest absolute Gasteiger partial charge is 0.191 e. The predicted octanol–water partition coefficient (Wildman–Crippen LogP) is 1.23. The zero-order valence-corrected chi connectivity index (χ0v) is 12.3. The lowest BCUT2D eigenvalue weighted by Gasteiger charge is -2.10. The van der Waals surface area contributed by atoms with Gasteiger partial charge < -0.3 is 10.6 Å². The van der Waals surface area contributed by atoms with Crippen LogP contribution in [0.15, 0.2) is 17.4 Å². The van der Waals surface area contributed by atoms with Crippen LogP contribution in [0.2, 0.25) is 0 Å². The summed E-state index contributed by atoms with van der Waals surface area (Å²) in [6.07, 6.45) is 8.42. The first kappa shape index (κ1) is 14.9. The minimum absolute atomic E-state index is 0.748. The van der Waals surface area contributed by atoms with Gasteiger partial charge in [0.05, 0.1) is 6.20 Å². The summed E-state index contributed by atoms with van der Waals surface area (Å²) in [6.45, 7) is 1.71. The minimum atomic E-state index is 0.748. The summed E-state index contributed by atoms with van der Waals surface area (Å²) in [5.74, 6) is 2.08. The Morgan fingerprint density at radius 2 is 2.28 bits per heavy atom. The standard InChI is InChI=1S/C12H23N5S/c1-13-12(14-6-4-5-7-18-3)15-8-11-9-16-17(2)10-11/h9-10H,4-8H2,1-3H3,(H2,13,14,15). The van der Waals surface area contributed by atoms with Gasteiger partial charge in [0, 0.05) is 38.9 Å². The molecule has 102 valence electrons. The average molecular weight is 269 g/mol. The lowest BCUT2D eigenvalue weighted by atomic mass is 10.3. The molecule has 0 aliphatic heterocycles. The Kier molecular flexibility index (Phi) is 7.32. The normalized spacial score (nSPS) is 11.6. The van der Waals surface area contributed by atoms with Crippen LogP contribution in [0.25, 0.3) is 0 Å². The van der Waals surface area contributed by atoms with Crippen molar-refractivity contribution >= 4 is 17.7 Å². The fourth-order valence-electron chi connectivity index (χ4n) is 1.55. The number of unbranched alkanes of at least 4 members (excludes halogenated alkanes) is 1. The fourth-order valence-corrected chi connectivity index (χ4v) is 2.04. The molecule has 0 spiro atoms. The summed E-state index contributed by atoms with van der Waals surface area (Å²) >= 11 is 1.89. The van der Waals surface area contributed by atoms with Crippen LogP contribution in [0.5, 0.6) is 0 Å². The molecule has 0 aromatic carbocycles. The Hall–Kier alpha value is -1.17. The van der Waals surface area contributed by atoms with E-state index in [1.807, 2.05) is 31.2 Å². The topological polar surface area (TPSA) is 54.2 Å². The van der Waals surface area contributed by atoms with E-state index < -0.39 is 0 Å². The van der Waals surface area contributed by atoms with Crippen molar-refractivity contribution in [1.29, 1.82) is 0 Å². The minimum Gasteiger partial charge on any atom is -0.356 e. The predicted molar refractivity (Wildman–Crippen MR) is 79.0 cm³/mol. The van der Waals surface area contributed by atoms with Crippen LogP contribution < -0.4 is 10.6 Å². The van der Waals surface area contributed by atoms with Gasteiger partial charge >= 0.3 is 0 Å². The number of aryl methyl sites for hydroxylation is 1. The second kappa shape index (κ2) is 8.85. The number of aliphatic imine (C=N–C) groups is 1. The first-order valence-corrected chi connectivity index (χ1v) is 7.56. The first-order valence-electron chi connectivity index (χ1n) is 6.17. The number of rotatable bonds is 7. The molecule has 0 aliphatic rings. The van der Waals surface area contributed by atoms with E-state index in [-0.39, 0.29) is 0 Å². The van der Waals surface area contributed by atoms with Gasteiger partial charge in [-0.25, -0.2) is 0 Å². The van der Waals surface area contributed by atoms with Gasteiger partial charge in [-0.15, -0.1) is 0 Å². The number of hydrogen-bond donors (Lipinski definition) is 2. The van der Waals surface area contributed by atoms with Crippen LogP contribution in [0.4, 0.5) is 0 Å². The number of nitrogens with zero attached hydrogens (tertiary/aromatic N) is 3. The zero-order chi connectivity index (χ0) is 13.2. The molecule has 0 radical (unpaired) electrons. The van der Waals surface area contributed by atoms with Gasteiger partial charge in [-0.2, -0.15) is 16.9 Å². The molecule has 0 aliphatic carbocycles. The highest BCUT2D eigenvalue weighted by Crippen LogP contribution is 1.98. The molecule has 1 aromatic rings. The Labute approximate surface area is 113 Å². The first-order chi connectivity index (χ1) is 8.76. The Morgan fingerprint density at radius 1 is 1.44 bits per heavy atom. The number of thioether (sulfide) groups is 1. The van der Waals surface area contributed by atoms with Crippen molar-refractivity contribution in [3.63, 3.8) is 0 Å². The molecule has 0 bridgehead atoms. The van der Waals surface area contributed by atoms with Crippen LogP contribution in [0.3, 0.4) is 0 Å². The third-order valence-corrected chi connectivity index (χ3v) is 3.21. The van der Waals surface area contributed by atoms with Crippen molar-refractivity contribution in [2.45, 2.75) is 19.4 Å². The van der Waals surface area contributed by atoms with E-state index in [1.165, 1.54) is 18.6 Å². The van der Waals surface area contributed by atoms with Crippen molar-refractivity contribution in [2.75, 3.05) is 25.6 Å². The maximum Gasteiger partial charge on any atom is 0.191 e. The molecule has 6 heteroatoms. The van der Waals surface area contributed by atoms with E-state index in [2.05, 4.69) is 27.0 Å². The molecule has 18 heavy (non-hydrogen) atoms. The van der Waals surface area contributed by atoms with Crippen molar-refractivity contribution in [3.8, 4) is 0 Å². The quantitative estimate of drug-likeness (QED) is 0.444. The van der Waals surface area contributed by atoms with Crippen LogP contribution in [0.1, 0.15) is 18.4 Å².